The fourth-order valence-corrected chi connectivity index (χ4v) is 1.77. The Morgan fingerprint density at radius 1 is 1.17 bits per heavy atom. The van der Waals surface area contributed by atoms with Crippen molar-refractivity contribution in [2.45, 2.75) is 41.2 Å². The van der Waals surface area contributed by atoms with Gasteiger partial charge >= 0.3 is 11.9 Å². The van der Waals surface area contributed by atoms with Crippen molar-refractivity contribution in [3.8, 4) is 5.75 Å². The maximum absolute atomic E-state index is 11.2. The largest absolute Gasteiger partial charge is 0.505 e. The van der Waals surface area contributed by atoms with E-state index in [-0.39, 0.29) is 42.7 Å². The molecule has 9 nitrogen and oxygen atoms in total. The molecule has 0 fully saturated rings. The fourth-order valence-electron chi connectivity index (χ4n) is 1.77. The summed E-state index contributed by atoms with van der Waals surface area (Å²) in [6.07, 6.45) is 2.95. The van der Waals surface area contributed by atoms with Gasteiger partial charge in [-0.25, -0.2) is 0 Å². The number of aryl methyl sites for hydroxylation is 1. The number of ether oxygens (including phenoxy) is 2. The van der Waals surface area contributed by atoms with E-state index in [1.165, 1.54) is 12.4 Å². The molecular formula is C20H33N3O6. The standard InChI is InChI=1S/C14H20N2O4.C6H13NO2/c1-9(2)14(19)20-5-4-15-7-12-11(8-17)6-16-10(3)13(12)18;1-5(2)6(8)9-4-3-7/h6-7,9,17-18H,4-5,8H2,1-3H3;5H,3-4,7H2,1-2H3. The number of nitrogens with zero attached hydrogens (tertiary/aromatic N) is 2. The average Bonchev–Trinajstić information content (AvgIpc) is 2.69. The lowest BCUT2D eigenvalue weighted by Crippen LogP contribution is -2.17. The maximum atomic E-state index is 11.2. The lowest BCUT2D eigenvalue weighted by Gasteiger charge is -2.07. The molecule has 0 saturated carbocycles. The Bertz CT molecular complexity index is 674. The number of nitrogens with two attached hydrogens (primary N) is 1. The van der Waals surface area contributed by atoms with Crippen LogP contribution in [0.1, 0.15) is 44.5 Å². The van der Waals surface area contributed by atoms with E-state index in [0.717, 1.165) is 0 Å². The quantitative estimate of drug-likeness (QED) is 0.314. The number of carbonyl (C=O) groups excluding carboxylic acids is 2. The van der Waals surface area contributed by atoms with Crippen molar-refractivity contribution in [1.82, 2.24) is 4.98 Å². The third-order valence-corrected chi connectivity index (χ3v) is 3.52. The van der Waals surface area contributed by atoms with E-state index in [1.54, 1.807) is 34.6 Å². The summed E-state index contributed by atoms with van der Waals surface area (Å²) in [6.45, 7) is 9.75. The molecule has 9 heteroatoms. The van der Waals surface area contributed by atoms with Gasteiger partial charge in [-0.1, -0.05) is 27.7 Å². The highest BCUT2D eigenvalue weighted by atomic mass is 16.5. The molecule has 0 saturated heterocycles. The molecule has 164 valence electrons. The summed E-state index contributed by atoms with van der Waals surface area (Å²) in [6, 6.07) is 0. The second-order valence-corrected chi connectivity index (χ2v) is 6.76. The molecule has 0 aliphatic rings. The van der Waals surface area contributed by atoms with Crippen LogP contribution in [0, 0.1) is 18.8 Å². The minimum atomic E-state index is -0.265. The van der Waals surface area contributed by atoms with Gasteiger partial charge in [-0.15, -0.1) is 0 Å². The smallest absolute Gasteiger partial charge is 0.308 e. The summed E-state index contributed by atoms with van der Waals surface area (Å²) < 4.78 is 9.66. The van der Waals surface area contributed by atoms with Crippen LogP contribution in [0.25, 0.3) is 0 Å². The van der Waals surface area contributed by atoms with E-state index in [1.807, 2.05) is 0 Å². The number of hydrogen-bond donors (Lipinski definition) is 3. The van der Waals surface area contributed by atoms with Crippen molar-refractivity contribution >= 4 is 18.2 Å². The van der Waals surface area contributed by atoms with Gasteiger partial charge in [-0.05, 0) is 6.92 Å². The van der Waals surface area contributed by atoms with Gasteiger partial charge in [0, 0.05) is 30.1 Å². The highest BCUT2D eigenvalue weighted by Gasteiger charge is 2.10. The van der Waals surface area contributed by atoms with Crippen LogP contribution < -0.4 is 5.73 Å². The third kappa shape index (κ3) is 10.6. The van der Waals surface area contributed by atoms with Crippen molar-refractivity contribution in [3.05, 3.63) is 23.0 Å². The SMILES string of the molecule is CC(C)C(=O)OCCN.Cc1ncc(CO)c(C=NCCOC(=O)C(C)C)c1O. The van der Waals surface area contributed by atoms with Gasteiger partial charge in [0.15, 0.2) is 0 Å². The van der Waals surface area contributed by atoms with Gasteiger partial charge in [0.25, 0.3) is 0 Å². The number of hydrogen-bond acceptors (Lipinski definition) is 9. The second kappa shape index (κ2) is 14.5. The van der Waals surface area contributed by atoms with Crippen LogP contribution >= 0.6 is 0 Å². The van der Waals surface area contributed by atoms with Crippen molar-refractivity contribution < 1.29 is 29.3 Å². The minimum absolute atomic E-state index is 0.000486. The first-order chi connectivity index (χ1) is 13.6. The lowest BCUT2D eigenvalue weighted by molar-refractivity contribution is -0.147. The molecule has 1 rings (SSSR count). The van der Waals surface area contributed by atoms with Gasteiger partial charge < -0.3 is 25.4 Å². The molecule has 0 aliphatic heterocycles. The molecule has 0 aromatic carbocycles. The molecule has 1 aromatic heterocycles. The predicted molar refractivity (Wildman–Crippen MR) is 110 cm³/mol. The van der Waals surface area contributed by atoms with Gasteiger partial charge in [-0.2, -0.15) is 0 Å². The molecule has 0 amide bonds. The Morgan fingerprint density at radius 3 is 2.21 bits per heavy atom. The van der Waals surface area contributed by atoms with E-state index in [2.05, 4.69) is 14.7 Å². The average molecular weight is 411 g/mol. The van der Waals surface area contributed by atoms with E-state index < -0.39 is 0 Å². The molecule has 1 heterocycles. The van der Waals surface area contributed by atoms with Crippen molar-refractivity contribution in [2.24, 2.45) is 22.6 Å². The summed E-state index contributed by atoms with van der Waals surface area (Å²) in [5, 5.41) is 19.1. The summed E-state index contributed by atoms with van der Waals surface area (Å²) in [5.74, 6) is -0.651. The normalized spacial score (nSPS) is 10.8. The monoisotopic (exact) mass is 411 g/mol. The number of carbonyl (C=O) groups is 2. The van der Waals surface area contributed by atoms with E-state index >= 15 is 0 Å². The lowest BCUT2D eigenvalue weighted by atomic mass is 10.1. The van der Waals surface area contributed by atoms with Crippen LogP contribution in [0.3, 0.4) is 0 Å². The van der Waals surface area contributed by atoms with Crippen LogP contribution in [-0.4, -0.2) is 59.7 Å². The number of pyridine rings is 1. The highest BCUT2D eigenvalue weighted by Crippen LogP contribution is 2.21. The maximum Gasteiger partial charge on any atom is 0.308 e. The molecule has 1 aromatic rings. The first-order valence-corrected chi connectivity index (χ1v) is 9.47. The van der Waals surface area contributed by atoms with Crippen molar-refractivity contribution in [1.29, 1.82) is 0 Å². The highest BCUT2D eigenvalue weighted by molar-refractivity contribution is 5.85. The topological polar surface area (TPSA) is 144 Å². The zero-order valence-electron chi connectivity index (χ0n) is 17.8. The summed E-state index contributed by atoms with van der Waals surface area (Å²) in [4.78, 5) is 29.9. The Labute approximate surface area is 172 Å². The van der Waals surface area contributed by atoms with E-state index in [9.17, 15) is 19.8 Å². The number of aliphatic imine (C=N–C) groups is 1. The van der Waals surface area contributed by atoms with Gasteiger partial charge in [0.2, 0.25) is 0 Å². The summed E-state index contributed by atoms with van der Waals surface area (Å²) >= 11 is 0. The molecular weight excluding hydrogens is 378 g/mol. The van der Waals surface area contributed by atoms with E-state index in [0.29, 0.717) is 36.5 Å². The van der Waals surface area contributed by atoms with Crippen LogP contribution in [0.5, 0.6) is 5.75 Å². The van der Waals surface area contributed by atoms with Crippen LogP contribution in [0.15, 0.2) is 11.2 Å². The zero-order valence-corrected chi connectivity index (χ0v) is 17.8. The molecule has 0 spiro atoms. The van der Waals surface area contributed by atoms with Crippen LogP contribution in [-0.2, 0) is 25.7 Å². The Hall–Kier alpha value is -2.52. The molecule has 0 atom stereocenters. The van der Waals surface area contributed by atoms with Gasteiger partial charge in [0.1, 0.15) is 19.0 Å². The summed E-state index contributed by atoms with van der Waals surface area (Å²) in [7, 11) is 0. The van der Waals surface area contributed by atoms with Gasteiger partial charge in [-0.3, -0.25) is 19.6 Å². The molecule has 29 heavy (non-hydrogen) atoms. The Kier molecular flexibility index (Phi) is 13.2. The molecule has 4 N–H and O–H groups in total. The van der Waals surface area contributed by atoms with Gasteiger partial charge in [0.05, 0.1) is 30.7 Å². The fraction of sp³-hybridized carbons (Fsp3) is 0.600. The zero-order chi connectivity index (χ0) is 22.4. The predicted octanol–water partition coefficient (Wildman–Crippen LogP) is 1.35. The second-order valence-electron chi connectivity index (χ2n) is 6.76. The Morgan fingerprint density at radius 2 is 1.72 bits per heavy atom. The third-order valence-electron chi connectivity index (χ3n) is 3.52. The Balaban J connectivity index is 0.000000734. The minimum Gasteiger partial charge on any atom is -0.505 e. The van der Waals surface area contributed by atoms with Crippen molar-refractivity contribution in [3.63, 3.8) is 0 Å². The molecule has 0 radical (unpaired) electrons. The number of esters is 2. The number of aromatic nitrogens is 1. The first kappa shape index (κ1) is 26.5. The van der Waals surface area contributed by atoms with Crippen LogP contribution in [0.2, 0.25) is 0 Å². The number of aliphatic hydroxyl groups is 1. The first-order valence-electron chi connectivity index (χ1n) is 9.47. The number of aliphatic hydroxyl groups excluding tert-OH is 1. The van der Waals surface area contributed by atoms with Crippen LogP contribution in [0.4, 0.5) is 0 Å². The molecule has 0 aliphatic carbocycles. The molecule has 0 unspecified atom stereocenters. The number of rotatable bonds is 9. The van der Waals surface area contributed by atoms with Crippen molar-refractivity contribution in [2.75, 3.05) is 26.3 Å². The van der Waals surface area contributed by atoms with E-state index in [4.69, 9.17) is 10.5 Å². The molecule has 0 bridgehead atoms. The number of aromatic hydroxyl groups is 1. The summed E-state index contributed by atoms with van der Waals surface area (Å²) in [5.41, 5.74) is 6.50.